The van der Waals surface area contributed by atoms with E-state index in [-0.39, 0.29) is 12.3 Å². The fraction of sp³-hybridized carbons (Fsp3) is 0.300. The van der Waals surface area contributed by atoms with E-state index >= 15 is 0 Å². The van der Waals surface area contributed by atoms with E-state index in [0.717, 1.165) is 11.1 Å². The molecule has 5 rings (SSSR count). The van der Waals surface area contributed by atoms with Gasteiger partial charge in [0.15, 0.2) is 17.3 Å². The Kier molecular flexibility index (Phi) is 4.68. The van der Waals surface area contributed by atoms with E-state index in [1.54, 1.807) is 28.7 Å². The van der Waals surface area contributed by atoms with Gasteiger partial charge in [0.05, 0.1) is 13.2 Å². The summed E-state index contributed by atoms with van der Waals surface area (Å²) in [7, 11) is 0. The van der Waals surface area contributed by atoms with Crippen molar-refractivity contribution >= 4 is 11.6 Å². The number of pyridine rings is 2. The van der Waals surface area contributed by atoms with Crippen molar-refractivity contribution in [3.05, 3.63) is 60.4 Å². The summed E-state index contributed by atoms with van der Waals surface area (Å²) < 4.78 is 12.6. The maximum absolute atomic E-state index is 12.6. The highest BCUT2D eigenvalue weighted by Crippen LogP contribution is 2.23. The van der Waals surface area contributed by atoms with Crippen LogP contribution in [0.25, 0.3) is 16.8 Å². The second kappa shape index (κ2) is 7.64. The van der Waals surface area contributed by atoms with Gasteiger partial charge < -0.3 is 14.2 Å². The fourth-order valence-corrected chi connectivity index (χ4v) is 3.43. The average Bonchev–Trinajstić information content (AvgIpc) is 3.39. The van der Waals surface area contributed by atoms with Crippen LogP contribution in [-0.4, -0.2) is 60.2 Å². The van der Waals surface area contributed by atoms with Crippen LogP contribution in [0.4, 0.5) is 0 Å². The second-order valence-electron chi connectivity index (χ2n) is 7.04. The minimum absolute atomic E-state index is 0.0701. The molecule has 1 amide bonds. The van der Waals surface area contributed by atoms with Crippen molar-refractivity contribution in [1.29, 1.82) is 0 Å². The van der Waals surface area contributed by atoms with Crippen molar-refractivity contribution in [3.8, 4) is 11.1 Å². The predicted octanol–water partition coefficient (Wildman–Crippen LogP) is 1.63. The number of nitrogens with zero attached hydrogens (tertiary/aromatic N) is 7. The van der Waals surface area contributed by atoms with Crippen molar-refractivity contribution in [1.82, 2.24) is 34.6 Å². The molecule has 0 bridgehead atoms. The maximum atomic E-state index is 12.6. The largest absolute Gasteiger partial charge is 0.366 e. The van der Waals surface area contributed by atoms with Crippen molar-refractivity contribution in [2.45, 2.75) is 19.4 Å². The molecule has 0 aliphatic carbocycles. The van der Waals surface area contributed by atoms with E-state index in [1.807, 2.05) is 30.5 Å². The lowest BCUT2D eigenvalue weighted by molar-refractivity contribution is -0.139. The Morgan fingerprint density at radius 2 is 2.17 bits per heavy atom. The molecule has 4 aromatic heterocycles. The molecular weight excluding hydrogens is 386 g/mol. The van der Waals surface area contributed by atoms with Gasteiger partial charge in [0.25, 0.3) is 0 Å². The number of hydrogen-bond acceptors (Lipinski definition) is 8. The molecule has 152 valence electrons. The summed E-state index contributed by atoms with van der Waals surface area (Å²) in [6, 6.07) is 7.77. The van der Waals surface area contributed by atoms with Gasteiger partial charge in [0.2, 0.25) is 11.8 Å². The molecule has 5 heterocycles. The van der Waals surface area contributed by atoms with Crippen LogP contribution in [0.3, 0.4) is 0 Å². The number of rotatable bonds is 4. The molecule has 0 radical (unpaired) electrons. The van der Waals surface area contributed by atoms with Gasteiger partial charge in [-0.15, -0.1) is 5.10 Å². The molecular formula is C20H19N7O3. The van der Waals surface area contributed by atoms with Gasteiger partial charge in [-0.2, -0.15) is 4.98 Å². The van der Waals surface area contributed by atoms with E-state index in [9.17, 15) is 4.79 Å². The highest BCUT2D eigenvalue weighted by molar-refractivity contribution is 5.78. The molecule has 30 heavy (non-hydrogen) atoms. The van der Waals surface area contributed by atoms with Crippen LogP contribution in [-0.2, 0) is 16.0 Å². The van der Waals surface area contributed by atoms with Gasteiger partial charge in [-0.1, -0.05) is 11.2 Å². The van der Waals surface area contributed by atoms with Crippen LogP contribution < -0.4 is 0 Å². The number of fused-ring (bicyclic) bond motifs is 1. The lowest BCUT2D eigenvalue weighted by Gasteiger charge is -2.31. The molecule has 1 fully saturated rings. The van der Waals surface area contributed by atoms with Gasteiger partial charge in [0, 0.05) is 36.3 Å². The molecule has 0 spiro atoms. The number of aromatic nitrogens is 6. The van der Waals surface area contributed by atoms with Crippen LogP contribution in [0.5, 0.6) is 0 Å². The van der Waals surface area contributed by atoms with Crippen molar-refractivity contribution in [2.24, 2.45) is 0 Å². The van der Waals surface area contributed by atoms with E-state index in [0.29, 0.717) is 42.9 Å². The Labute approximate surface area is 171 Å². The number of morpholine rings is 1. The maximum Gasteiger partial charge on any atom is 0.236 e. The predicted molar refractivity (Wildman–Crippen MR) is 104 cm³/mol. The minimum Gasteiger partial charge on any atom is -0.366 e. The average molecular weight is 405 g/mol. The van der Waals surface area contributed by atoms with Crippen LogP contribution in [0.2, 0.25) is 0 Å². The van der Waals surface area contributed by atoms with Crippen molar-refractivity contribution in [3.63, 3.8) is 0 Å². The Bertz CT molecular complexity index is 1190. The van der Waals surface area contributed by atoms with Gasteiger partial charge in [0.1, 0.15) is 12.5 Å². The van der Waals surface area contributed by atoms with E-state index in [2.05, 4.69) is 25.2 Å². The molecule has 0 aromatic carbocycles. The first-order chi connectivity index (χ1) is 14.7. The molecule has 0 N–H and O–H groups in total. The summed E-state index contributed by atoms with van der Waals surface area (Å²) in [6.45, 7) is 3.01. The molecule has 0 unspecified atom stereocenters. The molecule has 4 aromatic rings. The molecule has 10 heteroatoms. The number of amides is 1. The molecule has 1 saturated heterocycles. The normalized spacial score (nSPS) is 16.8. The molecule has 10 nitrogen and oxygen atoms in total. The first-order valence-electron chi connectivity index (χ1n) is 9.61. The number of ether oxygens (including phenoxy) is 1. The zero-order chi connectivity index (χ0) is 20.5. The Morgan fingerprint density at radius 3 is 2.97 bits per heavy atom. The van der Waals surface area contributed by atoms with Gasteiger partial charge in [-0.25, -0.2) is 9.50 Å². The fourth-order valence-electron chi connectivity index (χ4n) is 3.43. The Balaban J connectivity index is 1.33. The number of hydrogen-bond donors (Lipinski definition) is 0. The third-order valence-electron chi connectivity index (χ3n) is 4.92. The molecule has 1 atom stereocenters. The standard InChI is InChI=1S/C20H19N7O3/c1-13-22-18(30-25-13)9-19(28)26-7-8-29-16(12-26)20-23-17-5-4-15(11-27(17)24-20)14-3-2-6-21-10-14/h2-6,10-11,16H,7-9,12H2,1H3/t16-/m0/s1. The summed E-state index contributed by atoms with van der Waals surface area (Å²) >= 11 is 0. The first kappa shape index (κ1) is 18.4. The summed E-state index contributed by atoms with van der Waals surface area (Å²) in [6.07, 6.45) is 5.13. The number of carbonyl (C=O) groups is 1. The molecule has 1 aliphatic heterocycles. The van der Waals surface area contributed by atoms with Crippen molar-refractivity contribution < 1.29 is 14.1 Å². The lowest BCUT2D eigenvalue weighted by Crippen LogP contribution is -2.43. The van der Waals surface area contributed by atoms with Crippen molar-refractivity contribution in [2.75, 3.05) is 19.7 Å². The Morgan fingerprint density at radius 1 is 1.23 bits per heavy atom. The smallest absolute Gasteiger partial charge is 0.236 e. The highest BCUT2D eigenvalue weighted by atomic mass is 16.5. The zero-order valence-corrected chi connectivity index (χ0v) is 16.3. The van der Waals surface area contributed by atoms with Crippen LogP contribution >= 0.6 is 0 Å². The minimum atomic E-state index is -0.395. The first-order valence-corrected chi connectivity index (χ1v) is 9.61. The number of aryl methyl sites for hydroxylation is 1. The van der Waals surface area contributed by atoms with E-state index in [4.69, 9.17) is 9.26 Å². The van der Waals surface area contributed by atoms with Gasteiger partial charge in [-0.3, -0.25) is 9.78 Å². The highest BCUT2D eigenvalue weighted by Gasteiger charge is 2.29. The topological polar surface area (TPSA) is 112 Å². The second-order valence-corrected chi connectivity index (χ2v) is 7.04. The monoisotopic (exact) mass is 405 g/mol. The van der Waals surface area contributed by atoms with Gasteiger partial charge in [-0.05, 0) is 25.1 Å². The SMILES string of the molecule is Cc1noc(CC(=O)N2CCO[C@H](c3nc4ccc(-c5cccnc5)cn4n3)C2)n1. The Hall–Kier alpha value is -3.66. The van der Waals surface area contributed by atoms with Crippen LogP contribution in [0.15, 0.2) is 47.4 Å². The van der Waals surface area contributed by atoms with E-state index in [1.165, 1.54) is 0 Å². The number of carbonyl (C=O) groups excluding carboxylic acids is 1. The molecule has 0 saturated carbocycles. The zero-order valence-electron chi connectivity index (χ0n) is 16.3. The summed E-state index contributed by atoms with van der Waals surface area (Å²) in [5.74, 6) is 1.28. The summed E-state index contributed by atoms with van der Waals surface area (Å²) in [5.41, 5.74) is 2.70. The van der Waals surface area contributed by atoms with Gasteiger partial charge >= 0.3 is 0 Å². The summed E-state index contributed by atoms with van der Waals surface area (Å²) in [4.78, 5) is 27.2. The van der Waals surface area contributed by atoms with Crippen LogP contribution in [0.1, 0.15) is 23.6 Å². The quantitative estimate of drug-likeness (QED) is 0.504. The third-order valence-corrected chi connectivity index (χ3v) is 4.92. The summed E-state index contributed by atoms with van der Waals surface area (Å²) in [5, 5.41) is 8.31. The third kappa shape index (κ3) is 3.64. The lowest BCUT2D eigenvalue weighted by atomic mass is 10.1. The van der Waals surface area contributed by atoms with E-state index < -0.39 is 6.10 Å². The van der Waals surface area contributed by atoms with Crippen LogP contribution in [0, 0.1) is 6.92 Å². The molecule has 1 aliphatic rings.